The van der Waals surface area contributed by atoms with Crippen LogP contribution in [-0.4, -0.2) is 25.2 Å². The van der Waals surface area contributed by atoms with E-state index in [4.69, 9.17) is 43.1 Å². The Bertz CT molecular complexity index is 761. The Balaban J connectivity index is 2.69. The van der Waals surface area contributed by atoms with Gasteiger partial charge >= 0.3 is 11.9 Å². The van der Waals surface area contributed by atoms with Gasteiger partial charge in [-0.25, -0.2) is 9.59 Å². The second-order valence-corrected chi connectivity index (χ2v) is 6.23. The van der Waals surface area contributed by atoms with Crippen LogP contribution in [0.2, 0.25) is 10.0 Å². The van der Waals surface area contributed by atoms with Gasteiger partial charge in [0.2, 0.25) is 5.88 Å². The molecule has 0 amide bonds. The van der Waals surface area contributed by atoms with E-state index < -0.39 is 17.9 Å². The lowest BCUT2D eigenvalue weighted by molar-refractivity contribution is -0.140. The number of hydrogen-bond donors (Lipinski definition) is 1. The van der Waals surface area contributed by atoms with Gasteiger partial charge in [0.25, 0.3) is 0 Å². The van der Waals surface area contributed by atoms with Crippen molar-refractivity contribution in [2.45, 2.75) is 26.7 Å². The van der Waals surface area contributed by atoms with Crippen molar-refractivity contribution in [1.29, 1.82) is 0 Å². The number of nitrogens with two attached hydrogens (primary N) is 1. The highest BCUT2D eigenvalue weighted by molar-refractivity contribution is 6.35. The maximum absolute atomic E-state index is 12.6. The van der Waals surface area contributed by atoms with E-state index in [1.54, 1.807) is 32.9 Å². The monoisotopic (exact) mass is 399 g/mol. The minimum Gasteiger partial charge on any atom is -0.463 e. The topological polar surface area (TPSA) is 87.9 Å². The lowest BCUT2D eigenvalue weighted by Crippen LogP contribution is -2.30. The Hall–Kier alpha value is -2.18. The van der Waals surface area contributed by atoms with Crippen molar-refractivity contribution in [3.8, 4) is 0 Å². The van der Waals surface area contributed by atoms with Crippen molar-refractivity contribution in [1.82, 2.24) is 0 Å². The second kappa shape index (κ2) is 8.47. The van der Waals surface area contributed by atoms with Crippen LogP contribution in [0.1, 0.15) is 32.3 Å². The first-order chi connectivity index (χ1) is 12.3. The summed E-state index contributed by atoms with van der Waals surface area (Å²) in [7, 11) is 0. The van der Waals surface area contributed by atoms with Gasteiger partial charge in [-0.3, -0.25) is 0 Å². The van der Waals surface area contributed by atoms with Crippen LogP contribution in [0.3, 0.4) is 0 Å². The Kier molecular flexibility index (Phi) is 6.56. The van der Waals surface area contributed by atoms with Gasteiger partial charge < -0.3 is 19.9 Å². The third-order valence-electron chi connectivity index (χ3n) is 3.75. The number of halogens is 2. The summed E-state index contributed by atoms with van der Waals surface area (Å²) in [5.74, 6) is -2.15. The Morgan fingerprint density at radius 1 is 1.12 bits per heavy atom. The van der Waals surface area contributed by atoms with Crippen LogP contribution >= 0.6 is 23.2 Å². The first-order valence-electron chi connectivity index (χ1n) is 7.99. The molecule has 0 spiro atoms. The quantitative estimate of drug-likeness (QED) is 0.759. The van der Waals surface area contributed by atoms with Gasteiger partial charge in [0.05, 0.1) is 24.7 Å². The van der Waals surface area contributed by atoms with E-state index in [1.165, 1.54) is 6.07 Å². The summed E-state index contributed by atoms with van der Waals surface area (Å²) in [5.41, 5.74) is 6.53. The van der Waals surface area contributed by atoms with Crippen LogP contribution in [-0.2, 0) is 23.8 Å². The molecule has 6 nitrogen and oxygen atoms in total. The molecule has 26 heavy (non-hydrogen) atoms. The van der Waals surface area contributed by atoms with Crippen LogP contribution < -0.4 is 5.73 Å². The fraction of sp³-hybridized carbons (Fsp3) is 0.333. The molecule has 0 saturated carbocycles. The van der Waals surface area contributed by atoms with Gasteiger partial charge in [-0.15, -0.1) is 0 Å². The molecule has 140 valence electrons. The number of rotatable bonds is 5. The van der Waals surface area contributed by atoms with Crippen LogP contribution in [0.5, 0.6) is 0 Å². The van der Waals surface area contributed by atoms with Crippen LogP contribution in [0.15, 0.2) is 41.0 Å². The van der Waals surface area contributed by atoms with E-state index >= 15 is 0 Å². The molecule has 2 rings (SSSR count). The summed E-state index contributed by atoms with van der Waals surface area (Å²) < 4.78 is 15.6. The number of esters is 2. The fourth-order valence-electron chi connectivity index (χ4n) is 2.71. The smallest absolute Gasteiger partial charge is 0.340 e. The predicted octanol–water partition coefficient (Wildman–Crippen LogP) is 3.68. The van der Waals surface area contributed by atoms with Crippen molar-refractivity contribution in [2.75, 3.05) is 13.2 Å². The van der Waals surface area contributed by atoms with Crippen molar-refractivity contribution in [2.24, 2.45) is 5.73 Å². The molecule has 0 bridgehead atoms. The lowest BCUT2D eigenvalue weighted by atomic mass is 9.82. The van der Waals surface area contributed by atoms with Crippen LogP contribution in [0.25, 0.3) is 0 Å². The Morgan fingerprint density at radius 3 is 2.23 bits per heavy atom. The molecule has 1 heterocycles. The Morgan fingerprint density at radius 2 is 1.69 bits per heavy atom. The Labute approximate surface area is 161 Å². The molecule has 0 aromatic heterocycles. The minimum absolute atomic E-state index is 0.00951. The molecule has 1 aliphatic rings. The molecule has 0 radical (unpaired) electrons. The van der Waals surface area contributed by atoms with Gasteiger partial charge in [-0.05, 0) is 38.5 Å². The molecule has 0 saturated heterocycles. The summed E-state index contributed by atoms with van der Waals surface area (Å²) in [6, 6.07) is 4.75. The summed E-state index contributed by atoms with van der Waals surface area (Å²) in [6.07, 6.45) is 0. The zero-order valence-electron chi connectivity index (χ0n) is 14.6. The molecule has 2 N–H and O–H groups in total. The normalized spacial score (nSPS) is 17.0. The van der Waals surface area contributed by atoms with Gasteiger partial charge in [-0.2, -0.15) is 0 Å². The molecule has 1 atom stereocenters. The SMILES string of the molecule is CCOC(=O)C1=C(C)OC(N)=C(C(=O)OCC)[C@H]1c1ccc(Cl)cc1Cl. The highest BCUT2D eigenvalue weighted by Gasteiger charge is 2.40. The number of carbonyl (C=O) groups is 2. The van der Waals surface area contributed by atoms with Crippen LogP contribution in [0.4, 0.5) is 0 Å². The maximum Gasteiger partial charge on any atom is 0.340 e. The average molecular weight is 400 g/mol. The molecule has 1 aromatic carbocycles. The number of ether oxygens (including phenoxy) is 3. The third-order valence-corrected chi connectivity index (χ3v) is 4.31. The zero-order chi connectivity index (χ0) is 19.4. The van der Waals surface area contributed by atoms with Crippen molar-refractivity contribution in [3.05, 3.63) is 56.6 Å². The predicted molar refractivity (Wildman–Crippen MR) is 97.5 cm³/mol. The summed E-state index contributed by atoms with van der Waals surface area (Å²) >= 11 is 12.3. The lowest BCUT2D eigenvalue weighted by Gasteiger charge is -2.29. The van der Waals surface area contributed by atoms with Crippen molar-refractivity contribution < 1.29 is 23.8 Å². The van der Waals surface area contributed by atoms with E-state index in [0.29, 0.717) is 10.6 Å². The molecule has 1 aliphatic heterocycles. The number of carbonyl (C=O) groups excluding carboxylic acids is 2. The summed E-state index contributed by atoms with van der Waals surface area (Å²) in [6.45, 7) is 5.20. The van der Waals surface area contributed by atoms with E-state index in [0.717, 1.165) is 0 Å². The zero-order valence-corrected chi connectivity index (χ0v) is 16.1. The van der Waals surface area contributed by atoms with Gasteiger partial charge in [0.15, 0.2) is 0 Å². The highest BCUT2D eigenvalue weighted by atomic mass is 35.5. The average Bonchev–Trinajstić information content (AvgIpc) is 2.54. The third kappa shape index (κ3) is 3.97. The molecule has 8 heteroatoms. The first-order valence-corrected chi connectivity index (χ1v) is 8.74. The molecule has 0 unspecified atom stereocenters. The standard InChI is InChI=1S/C18H19Cl2NO5/c1-4-24-17(22)13-9(3)26-16(21)15(18(23)25-5-2)14(13)11-7-6-10(19)8-12(11)20/h6-8,14H,4-5,21H2,1-3H3/t14-/m0/s1. The molecular formula is C18H19Cl2NO5. The molecule has 0 fully saturated rings. The highest BCUT2D eigenvalue weighted by Crippen LogP contribution is 2.43. The fourth-order valence-corrected chi connectivity index (χ4v) is 3.23. The van der Waals surface area contributed by atoms with Crippen LogP contribution in [0, 0.1) is 0 Å². The molecule has 1 aromatic rings. The molecule has 0 aliphatic carbocycles. The van der Waals surface area contributed by atoms with Gasteiger partial charge in [0.1, 0.15) is 11.3 Å². The second-order valence-electron chi connectivity index (χ2n) is 5.39. The number of hydrogen-bond acceptors (Lipinski definition) is 6. The summed E-state index contributed by atoms with van der Waals surface area (Å²) in [5, 5.41) is 0.687. The van der Waals surface area contributed by atoms with E-state index in [9.17, 15) is 9.59 Å². The number of allylic oxidation sites excluding steroid dienone is 1. The van der Waals surface area contributed by atoms with E-state index in [-0.39, 0.29) is 41.0 Å². The van der Waals surface area contributed by atoms with E-state index in [2.05, 4.69) is 0 Å². The largest absolute Gasteiger partial charge is 0.463 e. The van der Waals surface area contributed by atoms with Crippen molar-refractivity contribution in [3.63, 3.8) is 0 Å². The molecular weight excluding hydrogens is 381 g/mol. The maximum atomic E-state index is 12.6. The first kappa shape index (κ1) is 20.1. The van der Waals surface area contributed by atoms with Crippen molar-refractivity contribution >= 4 is 35.1 Å². The van der Waals surface area contributed by atoms with E-state index in [1.807, 2.05) is 0 Å². The van der Waals surface area contributed by atoms with Gasteiger partial charge in [-0.1, -0.05) is 29.3 Å². The summed E-state index contributed by atoms with van der Waals surface area (Å²) in [4.78, 5) is 25.1. The van der Waals surface area contributed by atoms with Gasteiger partial charge in [0, 0.05) is 10.0 Å². The number of benzene rings is 1. The minimum atomic E-state index is -0.897.